The summed E-state index contributed by atoms with van der Waals surface area (Å²) in [5, 5.41) is 3.55. The van der Waals surface area contributed by atoms with Crippen LogP contribution in [0.2, 0.25) is 0 Å². The van der Waals surface area contributed by atoms with Gasteiger partial charge in [0.1, 0.15) is 0 Å². The molecule has 0 saturated carbocycles. The van der Waals surface area contributed by atoms with Gasteiger partial charge >= 0.3 is 0 Å². The quantitative estimate of drug-likeness (QED) is 0.892. The molecule has 1 unspecified atom stereocenters. The van der Waals surface area contributed by atoms with E-state index in [9.17, 15) is 0 Å². The van der Waals surface area contributed by atoms with Gasteiger partial charge in [0.15, 0.2) is 0 Å². The van der Waals surface area contributed by atoms with Crippen LogP contribution in [0, 0.1) is 5.92 Å². The summed E-state index contributed by atoms with van der Waals surface area (Å²) in [6, 6.07) is 6.81. The van der Waals surface area contributed by atoms with E-state index in [1.165, 1.54) is 57.3 Å². The zero-order chi connectivity index (χ0) is 13.8. The maximum absolute atomic E-state index is 3.55. The normalized spacial score (nSPS) is 23.8. The lowest BCUT2D eigenvalue weighted by Crippen LogP contribution is -2.25. The van der Waals surface area contributed by atoms with Gasteiger partial charge in [-0.25, -0.2) is 0 Å². The molecule has 1 aromatic rings. The molecule has 1 aromatic carbocycles. The number of fused-ring (bicyclic) bond motifs is 1. The van der Waals surface area contributed by atoms with Gasteiger partial charge in [-0.3, -0.25) is 4.90 Å². The number of nitrogens with zero attached hydrogens (tertiary/aromatic N) is 1. The number of anilines is 1. The molecule has 0 bridgehead atoms. The highest BCUT2D eigenvalue weighted by Gasteiger charge is 2.18. The molecule has 110 valence electrons. The van der Waals surface area contributed by atoms with Crippen molar-refractivity contribution in [3.8, 4) is 0 Å². The molecular formula is C18H28N2. The molecule has 0 aromatic heterocycles. The summed E-state index contributed by atoms with van der Waals surface area (Å²) < 4.78 is 0. The Hall–Kier alpha value is -1.02. The molecule has 2 heterocycles. The lowest BCUT2D eigenvalue weighted by atomic mass is 9.97. The third-order valence-electron chi connectivity index (χ3n) is 5.10. The number of rotatable bonds is 3. The zero-order valence-corrected chi connectivity index (χ0v) is 12.8. The molecule has 2 nitrogen and oxygen atoms in total. The minimum absolute atomic E-state index is 0.964. The van der Waals surface area contributed by atoms with Crippen molar-refractivity contribution < 1.29 is 0 Å². The molecule has 0 aliphatic carbocycles. The van der Waals surface area contributed by atoms with Crippen molar-refractivity contribution in [2.24, 2.45) is 5.92 Å². The van der Waals surface area contributed by atoms with Crippen molar-refractivity contribution in [2.45, 2.75) is 52.0 Å². The van der Waals surface area contributed by atoms with E-state index < -0.39 is 0 Å². The first-order valence-electron chi connectivity index (χ1n) is 8.44. The second-order valence-electron chi connectivity index (χ2n) is 6.45. The van der Waals surface area contributed by atoms with E-state index in [1.54, 1.807) is 11.1 Å². The van der Waals surface area contributed by atoms with E-state index in [1.807, 2.05) is 0 Å². The summed E-state index contributed by atoms with van der Waals surface area (Å²) in [6.45, 7) is 7.21. The van der Waals surface area contributed by atoms with E-state index in [-0.39, 0.29) is 0 Å². The fourth-order valence-corrected chi connectivity index (χ4v) is 3.76. The van der Waals surface area contributed by atoms with Gasteiger partial charge in [0.2, 0.25) is 0 Å². The van der Waals surface area contributed by atoms with Crippen LogP contribution in [0.25, 0.3) is 0 Å². The molecule has 2 aliphatic heterocycles. The van der Waals surface area contributed by atoms with E-state index >= 15 is 0 Å². The van der Waals surface area contributed by atoms with Crippen molar-refractivity contribution in [3.63, 3.8) is 0 Å². The van der Waals surface area contributed by atoms with Crippen LogP contribution >= 0.6 is 0 Å². The summed E-state index contributed by atoms with van der Waals surface area (Å²) in [6.07, 6.45) is 8.10. The number of benzene rings is 1. The lowest BCUT2D eigenvalue weighted by molar-refractivity contribution is 0.271. The molecule has 1 fully saturated rings. The predicted molar refractivity (Wildman–Crippen MR) is 86.2 cm³/mol. The molecule has 1 N–H and O–H groups in total. The number of likely N-dealkylation sites (tertiary alicyclic amines) is 1. The third-order valence-corrected chi connectivity index (χ3v) is 5.10. The minimum atomic E-state index is 0.964. The van der Waals surface area contributed by atoms with Crippen LogP contribution in [-0.2, 0) is 13.0 Å². The van der Waals surface area contributed by atoms with Crippen molar-refractivity contribution >= 4 is 5.69 Å². The maximum Gasteiger partial charge on any atom is 0.0375 e. The van der Waals surface area contributed by atoms with Crippen molar-refractivity contribution in [3.05, 3.63) is 29.3 Å². The van der Waals surface area contributed by atoms with Crippen LogP contribution < -0.4 is 5.32 Å². The molecular weight excluding hydrogens is 244 g/mol. The second-order valence-corrected chi connectivity index (χ2v) is 6.45. The van der Waals surface area contributed by atoms with Gasteiger partial charge in [-0.05, 0) is 68.3 Å². The summed E-state index contributed by atoms with van der Waals surface area (Å²) in [7, 11) is 0. The molecule has 3 rings (SSSR count). The molecule has 2 aliphatic rings. The highest BCUT2D eigenvalue weighted by atomic mass is 15.1. The highest BCUT2D eigenvalue weighted by Crippen LogP contribution is 2.27. The molecule has 0 spiro atoms. The Morgan fingerprint density at radius 3 is 3.05 bits per heavy atom. The number of nitrogens with one attached hydrogen (secondary N) is 1. The standard InChI is InChI=1S/C18H28N2/c1-2-15-6-5-12-20(13-10-15)14-16-7-3-9-18-17(16)8-4-11-19-18/h3,7,9,15,19H,2,4-6,8,10-14H2,1H3. The topological polar surface area (TPSA) is 15.3 Å². The molecule has 0 radical (unpaired) electrons. The monoisotopic (exact) mass is 272 g/mol. The Balaban J connectivity index is 1.68. The minimum Gasteiger partial charge on any atom is -0.385 e. The predicted octanol–water partition coefficient (Wildman–Crippen LogP) is 4.06. The Bertz CT molecular complexity index is 441. The van der Waals surface area contributed by atoms with Gasteiger partial charge in [0.05, 0.1) is 0 Å². The average Bonchev–Trinajstić information content (AvgIpc) is 2.73. The van der Waals surface area contributed by atoms with E-state index in [2.05, 4.69) is 35.3 Å². The number of hydrogen-bond acceptors (Lipinski definition) is 2. The first-order valence-corrected chi connectivity index (χ1v) is 8.44. The Labute approximate surface area is 123 Å². The van der Waals surface area contributed by atoms with Gasteiger partial charge in [-0.15, -0.1) is 0 Å². The molecule has 2 heteroatoms. The summed E-state index contributed by atoms with van der Waals surface area (Å²) >= 11 is 0. The van der Waals surface area contributed by atoms with Crippen molar-refractivity contribution in [1.82, 2.24) is 4.90 Å². The van der Waals surface area contributed by atoms with Crippen LogP contribution in [0.5, 0.6) is 0 Å². The fraction of sp³-hybridized carbons (Fsp3) is 0.667. The maximum atomic E-state index is 3.55. The van der Waals surface area contributed by atoms with Crippen molar-refractivity contribution in [1.29, 1.82) is 0 Å². The van der Waals surface area contributed by atoms with Crippen LogP contribution in [0.4, 0.5) is 5.69 Å². The highest BCUT2D eigenvalue weighted by molar-refractivity contribution is 5.56. The summed E-state index contributed by atoms with van der Waals surface area (Å²) in [5.74, 6) is 0.964. The van der Waals surface area contributed by atoms with Crippen LogP contribution in [0.15, 0.2) is 18.2 Å². The molecule has 1 atom stereocenters. The molecule has 20 heavy (non-hydrogen) atoms. The SMILES string of the molecule is CCC1CCCN(Cc2cccc3c2CCCN3)CC1. The summed E-state index contributed by atoms with van der Waals surface area (Å²) in [4.78, 5) is 2.68. The van der Waals surface area contributed by atoms with Crippen LogP contribution in [0.1, 0.15) is 50.2 Å². The summed E-state index contributed by atoms with van der Waals surface area (Å²) in [5.41, 5.74) is 4.52. The fourth-order valence-electron chi connectivity index (χ4n) is 3.76. The van der Waals surface area contributed by atoms with Crippen LogP contribution in [-0.4, -0.2) is 24.5 Å². The molecule has 0 amide bonds. The van der Waals surface area contributed by atoms with E-state index in [4.69, 9.17) is 0 Å². The largest absolute Gasteiger partial charge is 0.385 e. The lowest BCUT2D eigenvalue weighted by Gasteiger charge is -2.25. The van der Waals surface area contributed by atoms with Gasteiger partial charge in [0.25, 0.3) is 0 Å². The van der Waals surface area contributed by atoms with Crippen molar-refractivity contribution in [2.75, 3.05) is 25.0 Å². The van der Waals surface area contributed by atoms with Crippen LogP contribution in [0.3, 0.4) is 0 Å². The van der Waals surface area contributed by atoms with E-state index in [0.29, 0.717) is 0 Å². The van der Waals surface area contributed by atoms with Gasteiger partial charge in [-0.1, -0.05) is 25.5 Å². The zero-order valence-electron chi connectivity index (χ0n) is 12.8. The Morgan fingerprint density at radius 2 is 2.15 bits per heavy atom. The third kappa shape index (κ3) is 3.17. The number of hydrogen-bond donors (Lipinski definition) is 1. The van der Waals surface area contributed by atoms with Gasteiger partial charge < -0.3 is 5.32 Å². The smallest absolute Gasteiger partial charge is 0.0375 e. The Kier molecular flexibility index (Phi) is 4.62. The van der Waals surface area contributed by atoms with E-state index in [0.717, 1.165) is 19.0 Å². The van der Waals surface area contributed by atoms with Gasteiger partial charge in [0, 0.05) is 18.8 Å². The second kappa shape index (κ2) is 6.62. The first kappa shape index (κ1) is 13.9. The van der Waals surface area contributed by atoms with Gasteiger partial charge in [-0.2, -0.15) is 0 Å². The Morgan fingerprint density at radius 1 is 1.20 bits per heavy atom. The average molecular weight is 272 g/mol. The molecule has 1 saturated heterocycles. The first-order chi connectivity index (χ1) is 9.86.